The third-order valence-corrected chi connectivity index (χ3v) is 3.23. The normalized spacial score (nSPS) is 19.6. The Hall–Kier alpha value is -1.66. The van der Waals surface area contributed by atoms with Crippen molar-refractivity contribution in [1.82, 2.24) is 15.2 Å². The Morgan fingerprint density at radius 1 is 1.60 bits per heavy atom. The van der Waals surface area contributed by atoms with Gasteiger partial charge in [0.1, 0.15) is 5.82 Å². The Bertz CT molecular complexity index is 453. The minimum Gasteiger partial charge on any atom is -0.374 e. The van der Waals surface area contributed by atoms with Crippen molar-refractivity contribution in [3.63, 3.8) is 0 Å². The largest absolute Gasteiger partial charge is 0.374 e. The van der Waals surface area contributed by atoms with E-state index in [9.17, 15) is 4.79 Å². The van der Waals surface area contributed by atoms with Gasteiger partial charge >= 0.3 is 0 Å². The molecule has 6 heteroatoms. The van der Waals surface area contributed by atoms with Gasteiger partial charge in [-0.1, -0.05) is 0 Å². The first-order valence-electron chi connectivity index (χ1n) is 6.98. The molecule has 0 aromatic carbocycles. The molecule has 1 amide bonds. The molecule has 1 unspecified atom stereocenters. The zero-order chi connectivity index (χ0) is 14.4. The maximum absolute atomic E-state index is 12.2. The summed E-state index contributed by atoms with van der Waals surface area (Å²) in [5, 5.41) is 6.01. The van der Waals surface area contributed by atoms with E-state index in [1.54, 1.807) is 18.3 Å². The second kappa shape index (κ2) is 7.21. The fraction of sp³-hybridized carbons (Fsp3) is 0.571. The fourth-order valence-corrected chi connectivity index (χ4v) is 2.19. The number of carbonyl (C=O) groups is 1. The second-order valence-electron chi connectivity index (χ2n) is 4.89. The molecule has 110 valence electrons. The molecule has 1 atom stereocenters. The van der Waals surface area contributed by atoms with E-state index in [2.05, 4.69) is 27.6 Å². The average Bonchev–Trinajstić information content (AvgIpc) is 2.46. The number of anilines is 1. The molecule has 0 bridgehead atoms. The number of carbonyl (C=O) groups excluding carboxylic acids is 1. The summed E-state index contributed by atoms with van der Waals surface area (Å²) in [7, 11) is 2.06. The van der Waals surface area contributed by atoms with Crippen molar-refractivity contribution in [2.45, 2.75) is 13.0 Å². The van der Waals surface area contributed by atoms with Crippen molar-refractivity contribution in [3.8, 4) is 0 Å². The summed E-state index contributed by atoms with van der Waals surface area (Å²) < 4.78 is 5.62. The first kappa shape index (κ1) is 14.7. The van der Waals surface area contributed by atoms with Crippen LogP contribution in [0.25, 0.3) is 0 Å². The van der Waals surface area contributed by atoms with Crippen LogP contribution >= 0.6 is 0 Å². The third kappa shape index (κ3) is 3.91. The van der Waals surface area contributed by atoms with Gasteiger partial charge in [0.25, 0.3) is 5.91 Å². The van der Waals surface area contributed by atoms with Crippen molar-refractivity contribution in [1.29, 1.82) is 0 Å². The molecule has 1 aliphatic heterocycles. The topological polar surface area (TPSA) is 66.5 Å². The highest BCUT2D eigenvalue weighted by Crippen LogP contribution is 2.11. The number of rotatable bonds is 5. The van der Waals surface area contributed by atoms with Crippen LogP contribution in [0.4, 0.5) is 5.82 Å². The van der Waals surface area contributed by atoms with Gasteiger partial charge in [-0.25, -0.2) is 4.98 Å². The second-order valence-corrected chi connectivity index (χ2v) is 4.89. The highest BCUT2D eigenvalue weighted by Gasteiger charge is 2.19. The SMILES string of the molecule is CCNc1ncccc1C(=O)NCC1CN(C)CCO1. The molecule has 0 saturated carbocycles. The zero-order valence-electron chi connectivity index (χ0n) is 12.1. The van der Waals surface area contributed by atoms with Gasteiger partial charge < -0.3 is 20.3 Å². The van der Waals surface area contributed by atoms with Crippen LogP contribution in [0, 0.1) is 0 Å². The average molecular weight is 278 g/mol. The molecular formula is C14H22N4O2. The van der Waals surface area contributed by atoms with Crippen LogP contribution in [0.5, 0.6) is 0 Å². The smallest absolute Gasteiger partial charge is 0.255 e. The molecule has 1 aliphatic rings. The van der Waals surface area contributed by atoms with Crippen LogP contribution in [-0.4, -0.2) is 61.7 Å². The molecule has 0 radical (unpaired) electrons. The number of hydrogen-bond acceptors (Lipinski definition) is 5. The van der Waals surface area contributed by atoms with E-state index in [-0.39, 0.29) is 12.0 Å². The van der Waals surface area contributed by atoms with Gasteiger partial charge in [0, 0.05) is 32.4 Å². The predicted octanol–water partition coefficient (Wildman–Crippen LogP) is 0.574. The summed E-state index contributed by atoms with van der Waals surface area (Å²) in [6.45, 7) is 5.72. The lowest BCUT2D eigenvalue weighted by Gasteiger charge is -2.30. The molecule has 2 N–H and O–H groups in total. The highest BCUT2D eigenvalue weighted by atomic mass is 16.5. The van der Waals surface area contributed by atoms with Gasteiger partial charge in [-0.05, 0) is 26.1 Å². The van der Waals surface area contributed by atoms with Crippen LogP contribution in [0.1, 0.15) is 17.3 Å². The number of likely N-dealkylation sites (N-methyl/N-ethyl adjacent to an activating group) is 1. The van der Waals surface area contributed by atoms with E-state index in [1.165, 1.54) is 0 Å². The molecule has 2 rings (SSSR count). The summed E-state index contributed by atoms with van der Waals surface area (Å²) in [4.78, 5) is 18.6. The molecule has 6 nitrogen and oxygen atoms in total. The molecule has 1 aromatic rings. The molecule has 1 aromatic heterocycles. The van der Waals surface area contributed by atoms with Crippen LogP contribution in [0.3, 0.4) is 0 Å². The van der Waals surface area contributed by atoms with Gasteiger partial charge in [-0.2, -0.15) is 0 Å². The number of amides is 1. The van der Waals surface area contributed by atoms with Crippen LogP contribution in [0.15, 0.2) is 18.3 Å². The van der Waals surface area contributed by atoms with Crippen molar-refractivity contribution in [2.24, 2.45) is 0 Å². The fourth-order valence-electron chi connectivity index (χ4n) is 2.19. The van der Waals surface area contributed by atoms with Gasteiger partial charge in [0.15, 0.2) is 0 Å². The van der Waals surface area contributed by atoms with Crippen molar-refractivity contribution >= 4 is 11.7 Å². The first-order chi connectivity index (χ1) is 9.70. The Labute approximate surface area is 119 Å². The Morgan fingerprint density at radius 2 is 2.45 bits per heavy atom. The summed E-state index contributed by atoms with van der Waals surface area (Å²) in [5.74, 6) is 0.500. The van der Waals surface area contributed by atoms with Crippen molar-refractivity contribution < 1.29 is 9.53 Å². The molecule has 0 spiro atoms. The molecule has 2 heterocycles. The molecule has 1 saturated heterocycles. The number of aromatic nitrogens is 1. The Morgan fingerprint density at radius 3 is 3.20 bits per heavy atom. The molecule has 1 fully saturated rings. The van der Waals surface area contributed by atoms with E-state index < -0.39 is 0 Å². The lowest BCUT2D eigenvalue weighted by atomic mass is 10.2. The number of ether oxygens (including phenoxy) is 1. The lowest BCUT2D eigenvalue weighted by molar-refractivity contribution is -0.0175. The van der Waals surface area contributed by atoms with Crippen molar-refractivity contribution in [2.75, 3.05) is 45.2 Å². The summed E-state index contributed by atoms with van der Waals surface area (Å²) >= 11 is 0. The zero-order valence-corrected chi connectivity index (χ0v) is 12.1. The highest BCUT2D eigenvalue weighted by molar-refractivity contribution is 5.98. The quantitative estimate of drug-likeness (QED) is 0.824. The summed E-state index contributed by atoms with van der Waals surface area (Å²) in [6.07, 6.45) is 1.73. The number of hydrogen-bond donors (Lipinski definition) is 2. The monoisotopic (exact) mass is 278 g/mol. The minimum absolute atomic E-state index is 0.0527. The van der Waals surface area contributed by atoms with Gasteiger partial charge in [-0.15, -0.1) is 0 Å². The summed E-state index contributed by atoms with van der Waals surface area (Å²) in [5.41, 5.74) is 0.568. The predicted molar refractivity (Wildman–Crippen MR) is 78.0 cm³/mol. The molecule has 0 aliphatic carbocycles. The lowest BCUT2D eigenvalue weighted by Crippen LogP contribution is -2.46. The van der Waals surface area contributed by atoms with E-state index in [0.29, 0.717) is 24.5 Å². The minimum atomic E-state index is -0.120. The number of pyridine rings is 1. The molecule has 20 heavy (non-hydrogen) atoms. The van der Waals surface area contributed by atoms with Gasteiger partial charge in [-0.3, -0.25) is 4.79 Å². The van der Waals surface area contributed by atoms with Crippen LogP contribution in [-0.2, 0) is 4.74 Å². The van der Waals surface area contributed by atoms with E-state index in [4.69, 9.17) is 4.74 Å². The third-order valence-electron chi connectivity index (χ3n) is 3.23. The van der Waals surface area contributed by atoms with E-state index >= 15 is 0 Å². The number of nitrogens with zero attached hydrogens (tertiary/aromatic N) is 2. The first-order valence-corrected chi connectivity index (χ1v) is 6.98. The molecular weight excluding hydrogens is 256 g/mol. The summed E-state index contributed by atoms with van der Waals surface area (Å²) in [6, 6.07) is 3.54. The maximum atomic E-state index is 12.2. The number of nitrogens with one attached hydrogen (secondary N) is 2. The standard InChI is InChI=1S/C14H22N4O2/c1-3-15-13-12(5-4-6-16-13)14(19)17-9-11-10-18(2)7-8-20-11/h4-6,11H,3,7-10H2,1-2H3,(H,15,16)(H,17,19). The van der Waals surface area contributed by atoms with Gasteiger partial charge in [0.05, 0.1) is 18.3 Å². The van der Waals surface area contributed by atoms with Crippen molar-refractivity contribution in [3.05, 3.63) is 23.9 Å². The van der Waals surface area contributed by atoms with Crippen LogP contribution in [0.2, 0.25) is 0 Å². The van der Waals surface area contributed by atoms with Crippen LogP contribution < -0.4 is 10.6 Å². The Kier molecular flexibility index (Phi) is 5.31. The van der Waals surface area contributed by atoms with E-state index in [0.717, 1.165) is 19.6 Å². The Balaban J connectivity index is 1.91. The maximum Gasteiger partial charge on any atom is 0.255 e. The van der Waals surface area contributed by atoms with Gasteiger partial charge in [0.2, 0.25) is 0 Å². The number of morpholine rings is 1. The van der Waals surface area contributed by atoms with E-state index in [1.807, 2.05) is 6.92 Å².